The molecule has 2 saturated heterocycles. The Hall–Kier alpha value is -1.79. The number of halogens is 1. The highest BCUT2D eigenvalue weighted by Crippen LogP contribution is 2.21. The second-order valence-electron chi connectivity index (χ2n) is 6.41. The lowest BCUT2D eigenvalue weighted by Gasteiger charge is -2.26. The molecule has 2 amide bonds. The van der Waals surface area contributed by atoms with Crippen LogP contribution in [0.15, 0.2) is 24.3 Å². The van der Waals surface area contributed by atoms with Crippen molar-refractivity contribution in [2.75, 3.05) is 20.2 Å². The van der Waals surface area contributed by atoms with Crippen LogP contribution in [0.25, 0.3) is 0 Å². The summed E-state index contributed by atoms with van der Waals surface area (Å²) in [6.45, 7) is 2.00. The number of carbonyl (C=O) groups is 2. The van der Waals surface area contributed by atoms with Crippen molar-refractivity contribution in [1.82, 2.24) is 15.5 Å². The van der Waals surface area contributed by atoms with E-state index in [1.54, 1.807) is 12.0 Å². The number of rotatable bonds is 5. The summed E-state index contributed by atoms with van der Waals surface area (Å²) in [5.74, 6) is 0.778. The maximum Gasteiger partial charge on any atom is 0.243 e. The Labute approximate surface area is 154 Å². The molecular formula is C18H26ClN3O3. The Bertz CT molecular complexity index is 605. The summed E-state index contributed by atoms with van der Waals surface area (Å²) in [5.41, 5.74) is 0.982. The number of likely N-dealkylation sites (tertiary alicyclic amines) is 1. The minimum absolute atomic E-state index is 0. The molecule has 2 N–H and O–H groups in total. The van der Waals surface area contributed by atoms with Gasteiger partial charge in [-0.2, -0.15) is 0 Å². The number of ether oxygens (including phenoxy) is 1. The second kappa shape index (κ2) is 9.06. The van der Waals surface area contributed by atoms with Crippen LogP contribution >= 0.6 is 12.4 Å². The molecule has 138 valence electrons. The summed E-state index contributed by atoms with van der Waals surface area (Å²) >= 11 is 0. The first-order chi connectivity index (χ1) is 11.7. The Kier molecular flexibility index (Phi) is 7.08. The van der Waals surface area contributed by atoms with E-state index >= 15 is 0 Å². The Morgan fingerprint density at radius 3 is 2.88 bits per heavy atom. The van der Waals surface area contributed by atoms with E-state index in [1.807, 2.05) is 24.3 Å². The molecule has 2 aliphatic rings. The number of hydrogen-bond donors (Lipinski definition) is 2. The highest BCUT2D eigenvalue weighted by Gasteiger charge is 2.37. The van der Waals surface area contributed by atoms with E-state index in [0.717, 1.165) is 43.5 Å². The van der Waals surface area contributed by atoms with Crippen molar-refractivity contribution >= 4 is 24.2 Å². The number of nitrogens with zero attached hydrogens (tertiary/aromatic N) is 1. The van der Waals surface area contributed by atoms with E-state index < -0.39 is 0 Å². The average Bonchev–Trinajstić information content (AvgIpc) is 3.30. The van der Waals surface area contributed by atoms with Crippen LogP contribution in [0.5, 0.6) is 5.75 Å². The van der Waals surface area contributed by atoms with E-state index in [4.69, 9.17) is 4.74 Å². The van der Waals surface area contributed by atoms with Crippen LogP contribution < -0.4 is 15.4 Å². The van der Waals surface area contributed by atoms with Crippen LogP contribution in [0, 0.1) is 0 Å². The van der Waals surface area contributed by atoms with Crippen LogP contribution in [0.1, 0.15) is 31.2 Å². The van der Waals surface area contributed by atoms with Crippen molar-refractivity contribution in [1.29, 1.82) is 0 Å². The van der Waals surface area contributed by atoms with Gasteiger partial charge in [0.05, 0.1) is 13.2 Å². The van der Waals surface area contributed by atoms with Crippen molar-refractivity contribution in [3.8, 4) is 5.75 Å². The Morgan fingerprint density at radius 2 is 2.16 bits per heavy atom. The largest absolute Gasteiger partial charge is 0.497 e. The molecule has 1 aromatic carbocycles. The second-order valence-corrected chi connectivity index (χ2v) is 6.41. The highest BCUT2D eigenvalue weighted by atomic mass is 35.5. The summed E-state index contributed by atoms with van der Waals surface area (Å²) in [4.78, 5) is 26.9. The predicted octanol–water partition coefficient (Wildman–Crippen LogP) is 1.48. The van der Waals surface area contributed by atoms with Crippen molar-refractivity contribution in [2.45, 2.75) is 44.3 Å². The van der Waals surface area contributed by atoms with Gasteiger partial charge in [-0.25, -0.2) is 0 Å². The topological polar surface area (TPSA) is 70.7 Å². The molecule has 0 saturated carbocycles. The van der Waals surface area contributed by atoms with E-state index in [-0.39, 0.29) is 36.3 Å². The zero-order valence-corrected chi connectivity index (χ0v) is 15.3. The lowest BCUT2D eigenvalue weighted by atomic mass is 10.1. The van der Waals surface area contributed by atoms with E-state index in [0.29, 0.717) is 13.1 Å². The third-order valence-electron chi connectivity index (χ3n) is 4.80. The first-order valence-corrected chi connectivity index (χ1v) is 8.63. The van der Waals surface area contributed by atoms with Crippen molar-refractivity contribution in [3.05, 3.63) is 29.8 Å². The molecule has 1 aromatic rings. The highest BCUT2D eigenvalue weighted by molar-refractivity contribution is 5.90. The summed E-state index contributed by atoms with van der Waals surface area (Å²) < 4.78 is 5.19. The molecule has 0 unspecified atom stereocenters. The van der Waals surface area contributed by atoms with Crippen molar-refractivity contribution in [2.24, 2.45) is 0 Å². The lowest BCUT2D eigenvalue weighted by molar-refractivity contribution is -0.139. The van der Waals surface area contributed by atoms with E-state index in [2.05, 4.69) is 10.6 Å². The molecule has 2 aliphatic heterocycles. The van der Waals surface area contributed by atoms with Gasteiger partial charge in [0.2, 0.25) is 11.8 Å². The number of amides is 2. The van der Waals surface area contributed by atoms with Gasteiger partial charge in [0.1, 0.15) is 11.8 Å². The molecule has 0 radical (unpaired) electrons. The van der Waals surface area contributed by atoms with Crippen molar-refractivity contribution < 1.29 is 14.3 Å². The molecule has 6 nitrogen and oxygen atoms in total. The molecule has 0 bridgehead atoms. The fourth-order valence-corrected chi connectivity index (χ4v) is 3.49. The van der Waals surface area contributed by atoms with Gasteiger partial charge in [0.25, 0.3) is 0 Å². The van der Waals surface area contributed by atoms with Crippen LogP contribution in [-0.4, -0.2) is 49.0 Å². The molecule has 0 aromatic heterocycles. The fourth-order valence-electron chi connectivity index (χ4n) is 3.49. The van der Waals surface area contributed by atoms with Crippen LogP contribution in [0.4, 0.5) is 0 Å². The SMILES string of the molecule is COc1cccc(CNC(=O)[C@@H]2CCCN2C(=O)[C@@H]2CCCN2)c1.Cl. The normalized spacial score (nSPS) is 22.4. The lowest BCUT2D eigenvalue weighted by Crippen LogP contribution is -2.50. The van der Waals surface area contributed by atoms with Crippen LogP contribution in [-0.2, 0) is 16.1 Å². The standard InChI is InChI=1S/C18H25N3O3.ClH/c1-24-14-6-2-5-13(11-14)12-20-17(22)16-8-4-10-21(16)18(23)15-7-3-9-19-15;/h2,5-6,11,15-16,19H,3-4,7-10,12H2,1H3,(H,20,22);1H/t15-,16-;/m0./s1. The average molecular weight is 368 g/mol. The number of nitrogens with one attached hydrogen (secondary N) is 2. The zero-order chi connectivity index (χ0) is 16.9. The molecule has 3 rings (SSSR count). The zero-order valence-electron chi connectivity index (χ0n) is 14.5. The molecule has 7 heteroatoms. The number of benzene rings is 1. The van der Waals surface area contributed by atoms with Crippen LogP contribution in [0.3, 0.4) is 0 Å². The molecule has 2 atom stereocenters. The van der Waals surface area contributed by atoms with Gasteiger partial charge in [0.15, 0.2) is 0 Å². The minimum Gasteiger partial charge on any atom is -0.497 e. The van der Waals surface area contributed by atoms with Gasteiger partial charge in [-0.15, -0.1) is 12.4 Å². The molecule has 2 heterocycles. The van der Waals surface area contributed by atoms with Crippen molar-refractivity contribution in [3.63, 3.8) is 0 Å². The minimum atomic E-state index is -0.342. The van der Waals surface area contributed by atoms with Gasteiger partial charge in [0, 0.05) is 13.1 Å². The Balaban J connectivity index is 0.00000225. The monoisotopic (exact) mass is 367 g/mol. The molecule has 0 spiro atoms. The van der Waals surface area contributed by atoms with E-state index in [1.165, 1.54) is 0 Å². The maximum absolute atomic E-state index is 12.6. The van der Waals surface area contributed by atoms with Gasteiger partial charge in [-0.05, 0) is 49.9 Å². The third-order valence-corrected chi connectivity index (χ3v) is 4.80. The molecule has 25 heavy (non-hydrogen) atoms. The van der Waals surface area contributed by atoms with E-state index in [9.17, 15) is 9.59 Å². The van der Waals surface area contributed by atoms with Gasteiger partial charge >= 0.3 is 0 Å². The summed E-state index contributed by atoms with van der Waals surface area (Å²) in [5, 5.41) is 6.19. The molecule has 0 aliphatic carbocycles. The number of methoxy groups -OCH3 is 1. The number of carbonyl (C=O) groups excluding carboxylic acids is 2. The summed E-state index contributed by atoms with van der Waals surface area (Å²) in [6, 6.07) is 7.17. The molecular weight excluding hydrogens is 342 g/mol. The summed E-state index contributed by atoms with van der Waals surface area (Å²) in [6.07, 6.45) is 3.52. The van der Waals surface area contributed by atoms with Gasteiger partial charge in [-0.1, -0.05) is 12.1 Å². The predicted molar refractivity (Wildman–Crippen MR) is 97.8 cm³/mol. The van der Waals surface area contributed by atoms with Gasteiger partial charge in [-0.3, -0.25) is 9.59 Å². The molecule has 2 fully saturated rings. The van der Waals surface area contributed by atoms with Gasteiger partial charge < -0.3 is 20.3 Å². The fraction of sp³-hybridized carbons (Fsp3) is 0.556. The Morgan fingerprint density at radius 1 is 1.32 bits per heavy atom. The first kappa shape index (κ1) is 19.5. The first-order valence-electron chi connectivity index (χ1n) is 8.63. The maximum atomic E-state index is 12.6. The smallest absolute Gasteiger partial charge is 0.243 e. The summed E-state index contributed by atoms with van der Waals surface area (Å²) in [7, 11) is 1.62. The number of hydrogen-bond acceptors (Lipinski definition) is 4. The quantitative estimate of drug-likeness (QED) is 0.827. The third kappa shape index (κ3) is 4.64. The van der Waals surface area contributed by atoms with Crippen LogP contribution in [0.2, 0.25) is 0 Å².